The number of oxazole rings is 1. The number of anilines is 1. The molecule has 19 heavy (non-hydrogen) atoms. The summed E-state index contributed by atoms with van der Waals surface area (Å²) in [4.78, 5) is 6.87. The van der Waals surface area contributed by atoms with Crippen molar-refractivity contribution < 1.29 is 4.42 Å². The molecule has 0 saturated carbocycles. The van der Waals surface area contributed by atoms with E-state index in [1.807, 2.05) is 0 Å². The van der Waals surface area contributed by atoms with Gasteiger partial charge < -0.3 is 14.6 Å². The summed E-state index contributed by atoms with van der Waals surface area (Å²) >= 11 is 0. The van der Waals surface area contributed by atoms with Crippen molar-refractivity contribution in [3.8, 4) is 0 Å². The van der Waals surface area contributed by atoms with Gasteiger partial charge in [-0.1, -0.05) is 13.3 Å². The van der Waals surface area contributed by atoms with Gasteiger partial charge in [-0.15, -0.1) is 0 Å². The molecule has 1 unspecified atom stereocenters. The fourth-order valence-electron chi connectivity index (χ4n) is 2.53. The molecule has 1 atom stereocenters. The summed E-state index contributed by atoms with van der Waals surface area (Å²) in [5.41, 5.74) is 1.10. The Bertz CT molecular complexity index is 394. The minimum atomic E-state index is 0.110. The van der Waals surface area contributed by atoms with E-state index in [1.165, 1.54) is 19.3 Å². The average molecular weight is 265 g/mol. The van der Waals surface area contributed by atoms with Crippen LogP contribution in [0.3, 0.4) is 0 Å². The molecule has 0 spiro atoms. The van der Waals surface area contributed by atoms with Gasteiger partial charge in [0.2, 0.25) is 0 Å². The Kier molecular flexibility index (Phi) is 4.50. The van der Waals surface area contributed by atoms with Gasteiger partial charge in [-0.3, -0.25) is 0 Å². The molecule has 4 heteroatoms. The number of nitrogens with one attached hydrogen (secondary N) is 1. The smallest absolute Gasteiger partial charge is 0.297 e. The lowest BCUT2D eigenvalue weighted by molar-refractivity contribution is 0.421. The molecule has 108 valence electrons. The molecule has 1 fully saturated rings. The van der Waals surface area contributed by atoms with Crippen LogP contribution in [0.5, 0.6) is 0 Å². The molecule has 1 aromatic rings. The van der Waals surface area contributed by atoms with E-state index in [9.17, 15) is 0 Å². The predicted octanol–water partition coefficient (Wildman–Crippen LogP) is 3.19. The highest BCUT2D eigenvalue weighted by Crippen LogP contribution is 2.25. The topological polar surface area (TPSA) is 41.3 Å². The summed E-state index contributed by atoms with van der Waals surface area (Å²) < 4.78 is 5.62. The molecule has 0 radical (unpaired) electrons. The highest BCUT2D eigenvalue weighted by molar-refractivity contribution is 5.29. The van der Waals surface area contributed by atoms with Crippen molar-refractivity contribution in [3.63, 3.8) is 0 Å². The molecule has 4 nitrogen and oxygen atoms in total. The van der Waals surface area contributed by atoms with E-state index in [1.54, 1.807) is 6.26 Å². The van der Waals surface area contributed by atoms with Crippen LogP contribution in [0.2, 0.25) is 0 Å². The maximum atomic E-state index is 5.62. The van der Waals surface area contributed by atoms with E-state index in [-0.39, 0.29) is 5.54 Å². The second-order valence-electron chi connectivity index (χ2n) is 6.61. The van der Waals surface area contributed by atoms with E-state index < -0.39 is 0 Å². The van der Waals surface area contributed by atoms with E-state index in [2.05, 4.69) is 42.9 Å². The van der Waals surface area contributed by atoms with Crippen molar-refractivity contribution in [1.29, 1.82) is 0 Å². The first-order valence-corrected chi connectivity index (χ1v) is 7.42. The lowest BCUT2D eigenvalue weighted by Gasteiger charge is -2.19. The van der Waals surface area contributed by atoms with Crippen molar-refractivity contribution in [2.75, 3.05) is 18.0 Å². The summed E-state index contributed by atoms with van der Waals surface area (Å²) in [5.74, 6) is 0.813. The highest BCUT2D eigenvalue weighted by atomic mass is 16.4. The fraction of sp³-hybridized carbons (Fsp3) is 0.800. The van der Waals surface area contributed by atoms with Crippen LogP contribution in [0.4, 0.5) is 6.01 Å². The molecule has 1 aromatic heterocycles. The zero-order valence-corrected chi connectivity index (χ0v) is 12.7. The van der Waals surface area contributed by atoms with Gasteiger partial charge in [-0.25, -0.2) is 0 Å². The lowest BCUT2D eigenvalue weighted by atomic mass is 10.0. The standard InChI is InChI=1S/C15H27N3O/c1-5-6-12-7-8-18(10-12)14-17-13(11-19-14)9-16-15(2,3)4/h11-12,16H,5-10H2,1-4H3. The molecule has 1 aliphatic heterocycles. The fourth-order valence-corrected chi connectivity index (χ4v) is 2.53. The van der Waals surface area contributed by atoms with Gasteiger partial charge in [0.05, 0.1) is 5.69 Å². The first kappa shape index (κ1) is 14.4. The molecule has 0 aliphatic carbocycles. The molecule has 2 heterocycles. The van der Waals surface area contributed by atoms with Gasteiger partial charge in [-0.2, -0.15) is 4.98 Å². The van der Waals surface area contributed by atoms with E-state index in [0.29, 0.717) is 0 Å². The maximum Gasteiger partial charge on any atom is 0.297 e. The van der Waals surface area contributed by atoms with Crippen molar-refractivity contribution >= 4 is 6.01 Å². The molecule has 1 saturated heterocycles. The number of hydrogen-bond acceptors (Lipinski definition) is 4. The number of hydrogen-bond donors (Lipinski definition) is 1. The summed E-state index contributed by atoms with van der Waals surface area (Å²) in [6.45, 7) is 11.7. The van der Waals surface area contributed by atoms with Crippen molar-refractivity contribution in [1.82, 2.24) is 10.3 Å². The van der Waals surface area contributed by atoms with Gasteiger partial charge in [0.15, 0.2) is 0 Å². The quantitative estimate of drug-likeness (QED) is 0.887. The normalized spacial score (nSPS) is 20.2. The molecular formula is C15H27N3O. The Balaban J connectivity index is 1.87. The second kappa shape index (κ2) is 5.95. The van der Waals surface area contributed by atoms with Crippen LogP contribution in [-0.2, 0) is 6.54 Å². The van der Waals surface area contributed by atoms with Crippen LogP contribution in [0.1, 0.15) is 52.7 Å². The number of aromatic nitrogens is 1. The summed E-state index contributed by atoms with van der Waals surface area (Å²) in [6.07, 6.45) is 5.63. The van der Waals surface area contributed by atoms with E-state index in [4.69, 9.17) is 4.42 Å². The summed E-state index contributed by atoms with van der Waals surface area (Å²) in [6, 6.07) is 0.796. The van der Waals surface area contributed by atoms with Crippen LogP contribution < -0.4 is 10.2 Å². The lowest BCUT2D eigenvalue weighted by Crippen LogP contribution is -2.35. The van der Waals surface area contributed by atoms with Gasteiger partial charge >= 0.3 is 0 Å². The SMILES string of the molecule is CCCC1CCN(c2nc(CNC(C)(C)C)co2)C1. The van der Waals surface area contributed by atoms with Crippen LogP contribution in [-0.4, -0.2) is 23.6 Å². The van der Waals surface area contributed by atoms with Gasteiger partial charge in [-0.05, 0) is 39.5 Å². The average Bonchev–Trinajstić information content (AvgIpc) is 2.93. The second-order valence-corrected chi connectivity index (χ2v) is 6.61. The third-order valence-electron chi connectivity index (χ3n) is 3.59. The largest absolute Gasteiger partial charge is 0.432 e. The third-order valence-corrected chi connectivity index (χ3v) is 3.59. The maximum absolute atomic E-state index is 5.62. The van der Waals surface area contributed by atoms with Crippen LogP contribution in [0, 0.1) is 5.92 Å². The molecule has 1 aliphatic rings. The number of nitrogens with zero attached hydrogens (tertiary/aromatic N) is 2. The highest BCUT2D eigenvalue weighted by Gasteiger charge is 2.25. The molecule has 0 bridgehead atoms. The van der Waals surface area contributed by atoms with Crippen molar-refractivity contribution in [3.05, 3.63) is 12.0 Å². The van der Waals surface area contributed by atoms with Crippen LogP contribution >= 0.6 is 0 Å². The predicted molar refractivity (Wildman–Crippen MR) is 78.3 cm³/mol. The van der Waals surface area contributed by atoms with Crippen molar-refractivity contribution in [2.45, 2.75) is 59.0 Å². The molecule has 1 N–H and O–H groups in total. The first-order valence-electron chi connectivity index (χ1n) is 7.42. The zero-order valence-electron chi connectivity index (χ0n) is 12.7. The minimum Gasteiger partial charge on any atom is -0.432 e. The molecule has 2 rings (SSSR count). The Hall–Kier alpha value is -1.03. The van der Waals surface area contributed by atoms with Crippen LogP contribution in [0.15, 0.2) is 10.7 Å². The monoisotopic (exact) mass is 265 g/mol. The van der Waals surface area contributed by atoms with E-state index in [0.717, 1.165) is 37.3 Å². The van der Waals surface area contributed by atoms with Crippen molar-refractivity contribution in [2.24, 2.45) is 5.92 Å². The van der Waals surface area contributed by atoms with Gasteiger partial charge in [0, 0.05) is 25.2 Å². The van der Waals surface area contributed by atoms with Gasteiger partial charge in [0.25, 0.3) is 6.01 Å². The molecule has 0 aromatic carbocycles. The first-order chi connectivity index (χ1) is 8.98. The van der Waals surface area contributed by atoms with Crippen LogP contribution in [0.25, 0.3) is 0 Å². The van der Waals surface area contributed by atoms with E-state index >= 15 is 0 Å². The minimum absolute atomic E-state index is 0.110. The van der Waals surface area contributed by atoms with Gasteiger partial charge in [0.1, 0.15) is 6.26 Å². The Labute approximate surface area is 116 Å². The Morgan fingerprint density at radius 2 is 2.26 bits per heavy atom. The zero-order chi connectivity index (χ0) is 13.9. The summed E-state index contributed by atoms with van der Waals surface area (Å²) in [5, 5.41) is 3.43. The summed E-state index contributed by atoms with van der Waals surface area (Å²) in [7, 11) is 0. The molecule has 0 amide bonds. The number of rotatable bonds is 5. The Morgan fingerprint density at radius 3 is 2.95 bits per heavy atom. The molecular weight excluding hydrogens is 238 g/mol. The Morgan fingerprint density at radius 1 is 1.47 bits per heavy atom. The third kappa shape index (κ3) is 4.23.